The SMILES string of the molecule is CCC(C)C(NC(=O)C(=O)C(Cc1ccccc1)NC(=O)C(Cc1ccccc1)NC(=O)Cc1ccccc1)C(=O)N1CCCC1C(N)=O. The molecule has 1 aliphatic rings. The van der Waals surface area contributed by atoms with E-state index in [4.69, 9.17) is 5.73 Å². The molecule has 5 N–H and O–H groups in total. The van der Waals surface area contributed by atoms with Gasteiger partial charge in [0.2, 0.25) is 29.4 Å². The summed E-state index contributed by atoms with van der Waals surface area (Å²) in [6.45, 7) is 3.94. The third-order valence-electron chi connectivity index (χ3n) is 8.91. The van der Waals surface area contributed by atoms with Crippen LogP contribution in [0.25, 0.3) is 0 Å². The van der Waals surface area contributed by atoms with Crippen LogP contribution in [0.4, 0.5) is 0 Å². The first kappa shape index (κ1) is 36.5. The smallest absolute Gasteiger partial charge is 0.290 e. The van der Waals surface area contributed by atoms with Crippen LogP contribution >= 0.6 is 0 Å². The molecular weight excluding hydrogens is 622 g/mol. The molecule has 0 saturated carbocycles. The number of amides is 5. The molecule has 1 fully saturated rings. The van der Waals surface area contributed by atoms with Crippen LogP contribution in [-0.2, 0) is 48.0 Å². The number of benzene rings is 3. The van der Waals surface area contributed by atoms with Gasteiger partial charge in [0.1, 0.15) is 24.2 Å². The Kier molecular flexibility index (Phi) is 13.2. The Morgan fingerprint density at radius 1 is 0.755 bits per heavy atom. The lowest BCUT2D eigenvalue weighted by atomic mass is 9.96. The van der Waals surface area contributed by atoms with E-state index in [1.54, 1.807) is 31.2 Å². The second kappa shape index (κ2) is 17.7. The van der Waals surface area contributed by atoms with Crippen molar-refractivity contribution in [2.45, 2.75) is 76.5 Å². The molecule has 3 aromatic rings. The minimum absolute atomic E-state index is 0.00727. The van der Waals surface area contributed by atoms with Crippen molar-refractivity contribution in [3.8, 4) is 0 Å². The average molecular weight is 668 g/mol. The van der Waals surface area contributed by atoms with E-state index in [1.165, 1.54) is 4.90 Å². The van der Waals surface area contributed by atoms with Crippen molar-refractivity contribution < 1.29 is 28.8 Å². The van der Waals surface area contributed by atoms with Crippen LogP contribution in [-0.4, -0.2) is 70.9 Å². The molecule has 0 radical (unpaired) electrons. The molecule has 1 aliphatic heterocycles. The number of Topliss-reactive ketones (excluding diaryl/α,β-unsaturated/α-hetero) is 1. The summed E-state index contributed by atoms with van der Waals surface area (Å²) in [7, 11) is 0. The Bertz CT molecular complexity index is 1600. The number of hydrogen-bond donors (Lipinski definition) is 4. The quantitative estimate of drug-likeness (QED) is 0.171. The van der Waals surface area contributed by atoms with Crippen LogP contribution in [0, 0.1) is 5.92 Å². The van der Waals surface area contributed by atoms with Gasteiger partial charge in [-0.25, -0.2) is 0 Å². The maximum atomic E-state index is 13.9. The standard InChI is InChI=1S/C38H45N5O6/c1-3-25(2)33(38(49)43-21-13-20-31(43)35(39)46)42-37(48)34(45)29(22-26-14-7-4-8-15-26)41-36(47)30(23-27-16-9-5-10-17-27)40-32(44)24-28-18-11-6-12-19-28/h4-12,14-19,25,29-31,33H,3,13,20-24H2,1-2H3,(H2,39,46)(H,40,44)(H,41,47)(H,42,48). The Morgan fingerprint density at radius 2 is 1.29 bits per heavy atom. The first-order valence-corrected chi connectivity index (χ1v) is 16.7. The number of nitrogens with zero attached hydrogens (tertiary/aromatic N) is 1. The molecule has 5 amide bonds. The molecule has 258 valence electrons. The molecule has 0 aromatic heterocycles. The zero-order valence-corrected chi connectivity index (χ0v) is 28.0. The summed E-state index contributed by atoms with van der Waals surface area (Å²) in [4.78, 5) is 81.5. The third kappa shape index (κ3) is 10.3. The van der Waals surface area contributed by atoms with E-state index in [1.807, 2.05) is 73.7 Å². The van der Waals surface area contributed by atoms with Gasteiger partial charge >= 0.3 is 0 Å². The molecule has 0 spiro atoms. The van der Waals surface area contributed by atoms with Crippen LogP contribution < -0.4 is 21.7 Å². The highest BCUT2D eigenvalue weighted by Crippen LogP contribution is 2.21. The first-order chi connectivity index (χ1) is 23.6. The lowest BCUT2D eigenvalue weighted by Crippen LogP contribution is -2.59. The molecule has 5 unspecified atom stereocenters. The minimum atomic E-state index is -1.31. The lowest BCUT2D eigenvalue weighted by molar-refractivity contribution is -0.145. The maximum absolute atomic E-state index is 13.9. The van der Waals surface area contributed by atoms with E-state index >= 15 is 0 Å². The van der Waals surface area contributed by atoms with Crippen LogP contribution in [0.15, 0.2) is 91.0 Å². The van der Waals surface area contributed by atoms with E-state index in [0.29, 0.717) is 31.4 Å². The fourth-order valence-corrected chi connectivity index (χ4v) is 5.98. The fourth-order valence-electron chi connectivity index (χ4n) is 5.98. The minimum Gasteiger partial charge on any atom is -0.368 e. The predicted octanol–water partition coefficient (Wildman–Crippen LogP) is 2.26. The Morgan fingerprint density at radius 3 is 1.82 bits per heavy atom. The zero-order chi connectivity index (χ0) is 35.3. The molecule has 4 rings (SSSR count). The summed E-state index contributed by atoms with van der Waals surface area (Å²) >= 11 is 0. The fraction of sp³-hybridized carbons (Fsp3) is 0.368. The van der Waals surface area contributed by atoms with Crippen LogP contribution in [0.3, 0.4) is 0 Å². The number of ketones is 1. The highest BCUT2D eigenvalue weighted by Gasteiger charge is 2.40. The number of rotatable bonds is 16. The summed E-state index contributed by atoms with van der Waals surface area (Å²) in [5.74, 6) is -4.47. The van der Waals surface area contributed by atoms with Gasteiger partial charge < -0.3 is 26.6 Å². The largest absolute Gasteiger partial charge is 0.368 e. The van der Waals surface area contributed by atoms with Crippen molar-refractivity contribution in [2.24, 2.45) is 11.7 Å². The van der Waals surface area contributed by atoms with Gasteiger partial charge in [0.25, 0.3) is 5.91 Å². The van der Waals surface area contributed by atoms with Gasteiger partial charge in [-0.05, 0) is 35.4 Å². The number of nitrogens with one attached hydrogen (secondary N) is 3. The van der Waals surface area contributed by atoms with Gasteiger partial charge in [-0.1, -0.05) is 111 Å². The highest BCUT2D eigenvalue weighted by molar-refractivity contribution is 6.39. The lowest BCUT2D eigenvalue weighted by Gasteiger charge is -2.31. The average Bonchev–Trinajstić information content (AvgIpc) is 3.61. The van der Waals surface area contributed by atoms with Gasteiger partial charge in [0, 0.05) is 19.4 Å². The topological polar surface area (TPSA) is 168 Å². The van der Waals surface area contributed by atoms with Crippen molar-refractivity contribution in [2.75, 3.05) is 6.54 Å². The van der Waals surface area contributed by atoms with Gasteiger partial charge in [-0.15, -0.1) is 0 Å². The molecule has 1 saturated heterocycles. The van der Waals surface area contributed by atoms with Crippen LogP contribution in [0.1, 0.15) is 49.8 Å². The second-order valence-corrected chi connectivity index (χ2v) is 12.5. The number of likely N-dealkylation sites (tertiary alicyclic amines) is 1. The second-order valence-electron chi connectivity index (χ2n) is 12.5. The Labute approximate surface area is 287 Å². The van der Waals surface area contributed by atoms with Crippen molar-refractivity contribution >= 4 is 35.3 Å². The van der Waals surface area contributed by atoms with Crippen molar-refractivity contribution in [1.82, 2.24) is 20.9 Å². The third-order valence-corrected chi connectivity index (χ3v) is 8.91. The number of primary amides is 1. The molecule has 1 heterocycles. The summed E-state index contributed by atoms with van der Waals surface area (Å²) in [5.41, 5.74) is 7.80. The van der Waals surface area contributed by atoms with Crippen LogP contribution in [0.5, 0.6) is 0 Å². The normalized spacial score (nSPS) is 16.4. The molecule has 3 aromatic carbocycles. The summed E-state index contributed by atoms with van der Waals surface area (Å²) in [6, 6.07) is 23.0. The molecule has 0 bridgehead atoms. The van der Waals surface area contributed by atoms with Gasteiger partial charge in [-0.3, -0.25) is 28.8 Å². The van der Waals surface area contributed by atoms with Crippen LogP contribution in [0.2, 0.25) is 0 Å². The number of carbonyl (C=O) groups excluding carboxylic acids is 6. The Balaban J connectivity index is 1.56. The zero-order valence-electron chi connectivity index (χ0n) is 28.0. The molecule has 11 nitrogen and oxygen atoms in total. The molecule has 0 aliphatic carbocycles. The van der Waals surface area contributed by atoms with Gasteiger partial charge in [-0.2, -0.15) is 0 Å². The van der Waals surface area contributed by atoms with E-state index in [0.717, 1.165) is 11.1 Å². The number of nitrogens with two attached hydrogens (primary N) is 1. The van der Waals surface area contributed by atoms with Gasteiger partial charge in [0.15, 0.2) is 0 Å². The maximum Gasteiger partial charge on any atom is 0.290 e. The van der Waals surface area contributed by atoms with E-state index in [9.17, 15) is 28.8 Å². The first-order valence-electron chi connectivity index (χ1n) is 16.7. The van der Waals surface area contributed by atoms with Crippen molar-refractivity contribution in [3.63, 3.8) is 0 Å². The predicted molar refractivity (Wildman–Crippen MR) is 185 cm³/mol. The van der Waals surface area contributed by atoms with E-state index < -0.39 is 53.6 Å². The van der Waals surface area contributed by atoms with E-state index in [2.05, 4.69) is 16.0 Å². The van der Waals surface area contributed by atoms with Crippen molar-refractivity contribution in [1.29, 1.82) is 0 Å². The molecule has 11 heteroatoms. The Hall–Kier alpha value is -5.32. The molecule has 49 heavy (non-hydrogen) atoms. The highest BCUT2D eigenvalue weighted by atomic mass is 16.2. The monoisotopic (exact) mass is 667 g/mol. The molecule has 5 atom stereocenters. The van der Waals surface area contributed by atoms with E-state index in [-0.39, 0.29) is 31.1 Å². The van der Waals surface area contributed by atoms with Crippen molar-refractivity contribution in [3.05, 3.63) is 108 Å². The number of carbonyl (C=O) groups is 6. The molecular formula is C38H45N5O6. The summed E-state index contributed by atoms with van der Waals surface area (Å²) < 4.78 is 0. The van der Waals surface area contributed by atoms with Gasteiger partial charge in [0.05, 0.1) is 6.42 Å². The number of hydrogen-bond acceptors (Lipinski definition) is 6. The summed E-state index contributed by atoms with van der Waals surface area (Å²) in [5, 5.41) is 8.17. The summed E-state index contributed by atoms with van der Waals surface area (Å²) in [6.07, 6.45) is 1.72.